The normalized spacial score (nSPS) is 12.3. The van der Waals surface area contributed by atoms with Gasteiger partial charge >= 0.3 is 5.97 Å². The first-order valence-electron chi connectivity index (χ1n) is 6.30. The second-order valence-electron chi connectivity index (χ2n) is 4.98. The number of carbonyl (C=O) groups excluding carboxylic acids is 1. The summed E-state index contributed by atoms with van der Waals surface area (Å²) in [6.45, 7) is 6.55. The number of carbonyl (C=O) groups is 1. The van der Waals surface area contributed by atoms with Gasteiger partial charge in [0.15, 0.2) is 0 Å². The van der Waals surface area contributed by atoms with Crippen LogP contribution in [0.15, 0.2) is 24.3 Å². The third-order valence-corrected chi connectivity index (χ3v) is 2.73. The predicted molar refractivity (Wildman–Crippen MR) is 71.6 cm³/mol. The Labute approximate surface area is 109 Å². The van der Waals surface area contributed by atoms with E-state index in [2.05, 4.69) is 13.8 Å². The van der Waals surface area contributed by atoms with Gasteiger partial charge in [0.1, 0.15) is 12.4 Å². The zero-order chi connectivity index (χ0) is 13.5. The first-order valence-corrected chi connectivity index (χ1v) is 6.30. The van der Waals surface area contributed by atoms with Gasteiger partial charge < -0.3 is 9.47 Å². The van der Waals surface area contributed by atoms with Crippen molar-refractivity contribution in [3.05, 3.63) is 29.8 Å². The van der Waals surface area contributed by atoms with E-state index in [0.29, 0.717) is 12.5 Å². The Hall–Kier alpha value is -1.51. The number of hydrogen-bond donors (Lipinski definition) is 0. The molecule has 0 aliphatic carbocycles. The average molecular weight is 250 g/mol. The average Bonchev–Trinajstić information content (AvgIpc) is 2.33. The summed E-state index contributed by atoms with van der Waals surface area (Å²) in [5.41, 5.74) is 1.14. The molecule has 0 aliphatic heterocycles. The lowest BCUT2D eigenvalue weighted by Crippen LogP contribution is -2.24. The molecule has 1 rings (SSSR count). The van der Waals surface area contributed by atoms with E-state index in [-0.39, 0.29) is 11.9 Å². The molecule has 3 nitrogen and oxygen atoms in total. The fourth-order valence-electron chi connectivity index (χ4n) is 1.87. The van der Waals surface area contributed by atoms with Crippen LogP contribution in [0.2, 0.25) is 0 Å². The maximum atomic E-state index is 11.6. The molecule has 0 aromatic heterocycles. The van der Waals surface area contributed by atoms with E-state index in [0.717, 1.165) is 17.7 Å². The van der Waals surface area contributed by atoms with Gasteiger partial charge in [-0.25, -0.2) is 0 Å². The second-order valence-corrected chi connectivity index (χ2v) is 4.98. The van der Waals surface area contributed by atoms with Gasteiger partial charge in [-0.1, -0.05) is 26.0 Å². The molecule has 0 spiro atoms. The van der Waals surface area contributed by atoms with E-state index in [1.54, 1.807) is 0 Å². The number of benzene rings is 1. The van der Waals surface area contributed by atoms with E-state index in [4.69, 9.17) is 9.47 Å². The van der Waals surface area contributed by atoms with Crippen LogP contribution in [0.5, 0.6) is 5.75 Å². The van der Waals surface area contributed by atoms with Crippen LogP contribution < -0.4 is 4.74 Å². The highest BCUT2D eigenvalue weighted by Crippen LogP contribution is 2.17. The molecular formula is C15H22O3. The molecule has 0 radical (unpaired) electrons. The minimum Gasteiger partial charge on any atom is -0.493 e. The number of rotatable bonds is 6. The van der Waals surface area contributed by atoms with E-state index >= 15 is 0 Å². The minimum atomic E-state index is -0.199. The molecule has 0 fully saturated rings. The molecule has 0 aliphatic rings. The summed E-state index contributed by atoms with van der Waals surface area (Å²) in [5, 5.41) is 0. The highest BCUT2D eigenvalue weighted by atomic mass is 16.5. The fourth-order valence-corrected chi connectivity index (χ4v) is 1.87. The van der Waals surface area contributed by atoms with E-state index in [1.807, 2.05) is 31.2 Å². The number of esters is 1. The second kappa shape index (κ2) is 7.04. The summed E-state index contributed by atoms with van der Waals surface area (Å²) in [6, 6.07) is 7.82. The van der Waals surface area contributed by atoms with E-state index in [9.17, 15) is 4.79 Å². The van der Waals surface area contributed by atoms with Crippen LogP contribution in [0.25, 0.3) is 0 Å². The summed E-state index contributed by atoms with van der Waals surface area (Å²) < 4.78 is 10.5. The van der Waals surface area contributed by atoms with Crippen LogP contribution in [0.3, 0.4) is 0 Å². The molecule has 0 heterocycles. The first kappa shape index (κ1) is 14.6. The van der Waals surface area contributed by atoms with Gasteiger partial charge in [-0.15, -0.1) is 0 Å². The van der Waals surface area contributed by atoms with Gasteiger partial charge in [-0.05, 0) is 37.0 Å². The predicted octanol–water partition coefficient (Wildman–Crippen LogP) is 3.21. The lowest BCUT2D eigenvalue weighted by Gasteiger charge is -2.17. The summed E-state index contributed by atoms with van der Waals surface area (Å²) >= 11 is 0. The quantitative estimate of drug-likeness (QED) is 0.727. The molecule has 0 saturated carbocycles. The smallest absolute Gasteiger partial charge is 0.312 e. The van der Waals surface area contributed by atoms with Gasteiger partial charge in [-0.3, -0.25) is 4.79 Å². The maximum absolute atomic E-state index is 11.6. The molecule has 0 saturated heterocycles. The topological polar surface area (TPSA) is 35.5 Å². The lowest BCUT2D eigenvalue weighted by atomic mass is 9.98. The van der Waals surface area contributed by atoms with Crippen molar-refractivity contribution < 1.29 is 14.3 Å². The summed E-state index contributed by atoms with van der Waals surface area (Å²) in [7, 11) is 1.42. The molecule has 1 unspecified atom stereocenters. The summed E-state index contributed by atoms with van der Waals surface area (Å²) in [5.74, 6) is 0.842. The summed E-state index contributed by atoms with van der Waals surface area (Å²) in [6.07, 6.45) is 0.776. The van der Waals surface area contributed by atoms with Crippen molar-refractivity contribution in [2.45, 2.75) is 27.2 Å². The molecule has 18 heavy (non-hydrogen) atoms. The van der Waals surface area contributed by atoms with Crippen molar-refractivity contribution in [3.8, 4) is 5.75 Å². The molecule has 1 aromatic rings. The van der Waals surface area contributed by atoms with Crippen molar-refractivity contribution in [1.29, 1.82) is 0 Å². The van der Waals surface area contributed by atoms with Crippen LogP contribution in [-0.4, -0.2) is 19.7 Å². The van der Waals surface area contributed by atoms with Gasteiger partial charge in [0, 0.05) is 0 Å². The Bertz CT molecular complexity index is 385. The highest BCUT2D eigenvalue weighted by Gasteiger charge is 2.21. The third kappa shape index (κ3) is 4.78. The van der Waals surface area contributed by atoms with Crippen LogP contribution in [0.4, 0.5) is 0 Å². The Kier molecular flexibility index (Phi) is 5.69. The van der Waals surface area contributed by atoms with Crippen molar-refractivity contribution >= 4 is 5.97 Å². The van der Waals surface area contributed by atoms with Gasteiger partial charge in [0.05, 0.1) is 13.0 Å². The van der Waals surface area contributed by atoms with Gasteiger partial charge in [0.25, 0.3) is 0 Å². The van der Waals surface area contributed by atoms with Crippen LogP contribution in [0, 0.1) is 18.8 Å². The van der Waals surface area contributed by atoms with Crippen molar-refractivity contribution in [3.63, 3.8) is 0 Å². The molecule has 0 amide bonds. The van der Waals surface area contributed by atoms with Gasteiger partial charge in [0.2, 0.25) is 0 Å². The Morgan fingerprint density at radius 1 is 1.33 bits per heavy atom. The van der Waals surface area contributed by atoms with E-state index in [1.165, 1.54) is 7.11 Å². The monoisotopic (exact) mass is 250 g/mol. The largest absolute Gasteiger partial charge is 0.493 e. The van der Waals surface area contributed by atoms with Crippen LogP contribution in [-0.2, 0) is 9.53 Å². The molecule has 1 atom stereocenters. The Morgan fingerprint density at radius 3 is 2.61 bits per heavy atom. The zero-order valence-electron chi connectivity index (χ0n) is 11.6. The Balaban J connectivity index is 2.58. The molecular weight excluding hydrogens is 228 g/mol. The first-order chi connectivity index (χ1) is 8.52. The van der Waals surface area contributed by atoms with Crippen LogP contribution >= 0.6 is 0 Å². The summed E-state index contributed by atoms with van der Waals surface area (Å²) in [4.78, 5) is 11.6. The fraction of sp³-hybridized carbons (Fsp3) is 0.533. The molecule has 3 heteroatoms. The lowest BCUT2D eigenvalue weighted by molar-refractivity contribution is -0.147. The number of methoxy groups -OCH3 is 1. The number of hydrogen-bond acceptors (Lipinski definition) is 3. The van der Waals surface area contributed by atoms with Crippen molar-refractivity contribution in [2.75, 3.05) is 13.7 Å². The number of aryl methyl sites for hydroxylation is 1. The molecule has 0 N–H and O–H groups in total. The van der Waals surface area contributed by atoms with E-state index < -0.39 is 0 Å². The SMILES string of the molecule is COC(=O)C(COc1cccc(C)c1)CC(C)C. The molecule has 0 bridgehead atoms. The van der Waals surface area contributed by atoms with Crippen molar-refractivity contribution in [2.24, 2.45) is 11.8 Å². The maximum Gasteiger partial charge on any atom is 0.312 e. The number of ether oxygens (including phenoxy) is 2. The molecule has 100 valence electrons. The standard InChI is InChI=1S/C15H22O3/c1-11(2)8-13(15(16)17-4)10-18-14-7-5-6-12(3)9-14/h5-7,9,11,13H,8,10H2,1-4H3. The molecule has 1 aromatic carbocycles. The third-order valence-electron chi connectivity index (χ3n) is 2.73. The minimum absolute atomic E-state index is 0.198. The highest BCUT2D eigenvalue weighted by molar-refractivity contribution is 5.72. The van der Waals surface area contributed by atoms with Crippen LogP contribution in [0.1, 0.15) is 25.8 Å². The van der Waals surface area contributed by atoms with Gasteiger partial charge in [-0.2, -0.15) is 0 Å². The van der Waals surface area contributed by atoms with Crippen molar-refractivity contribution in [1.82, 2.24) is 0 Å². The zero-order valence-corrected chi connectivity index (χ0v) is 11.6. The Morgan fingerprint density at radius 2 is 2.06 bits per heavy atom.